The Labute approximate surface area is 110 Å². The molecule has 1 fully saturated rings. The summed E-state index contributed by atoms with van der Waals surface area (Å²) in [4.78, 5) is 4.69. The van der Waals surface area contributed by atoms with Crippen molar-refractivity contribution < 1.29 is 0 Å². The maximum absolute atomic E-state index is 5.77. The van der Waals surface area contributed by atoms with Crippen LogP contribution in [-0.2, 0) is 0 Å². The molecule has 1 aromatic heterocycles. The summed E-state index contributed by atoms with van der Waals surface area (Å²) in [7, 11) is 0. The Morgan fingerprint density at radius 1 is 1.28 bits per heavy atom. The van der Waals surface area contributed by atoms with Crippen molar-refractivity contribution in [1.29, 1.82) is 0 Å². The van der Waals surface area contributed by atoms with Crippen LogP contribution in [0.3, 0.4) is 0 Å². The summed E-state index contributed by atoms with van der Waals surface area (Å²) in [5, 5.41) is 7.53. The number of rotatable bonds is 6. The largest absolute Gasteiger partial charge is 0.328 e. The molecule has 0 amide bonds. The van der Waals surface area contributed by atoms with E-state index in [1.807, 2.05) is 0 Å². The minimum Gasteiger partial charge on any atom is -0.328 e. The Hall–Kier alpha value is -0.900. The van der Waals surface area contributed by atoms with Crippen LogP contribution in [0.15, 0.2) is 0 Å². The van der Waals surface area contributed by atoms with Gasteiger partial charge in [-0.05, 0) is 32.6 Å². The Bertz CT molecular complexity index is 352. The van der Waals surface area contributed by atoms with Gasteiger partial charge in [0.1, 0.15) is 5.82 Å². The lowest BCUT2D eigenvalue weighted by atomic mass is 10.0. The molecule has 2 atom stereocenters. The van der Waals surface area contributed by atoms with Crippen molar-refractivity contribution in [2.75, 3.05) is 0 Å². The highest BCUT2D eigenvalue weighted by atomic mass is 15.2. The molecule has 1 saturated carbocycles. The van der Waals surface area contributed by atoms with Gasteiger partial charge in [-0.1, -0.05) is 26.2 Å². The van der Waals surface area contributed by atoms with Gasteiger partial charge < -0.3 is 5.73 Å². The fourth-order valence-corrected chi connectivity index (χ4v) is 2.77. The first-order valence-electron chi connectivity index (χ1n) is 7.34. The zero-order valence-corrected chi connectivity index (χ0v) is 11.7. The first kappa shape index (κ1) is 13.5. The van der Waals surface area contributed by atoms with Gasteiger partial charge in [0, 0.05) is 17.9 Å². The molecule has 1 aliphatic carbocycles. The van der Waals surface area contributed by atoms with Crippen molar-refractivity contribution in [3.05, 3.63) is 11.6 Å². The third-order valence-electron chi connectivity index (χ3n) is 4.00. The molecule has 1 aromatic rings. The first-order chi connectivity index (χ1) is 8.66. The molecule has 3 N–H and O–H groups in total. The average molecular weight is 250 g/mol. The SMILES string of the molecule is CC(N)CCCC(C)c1n[nH]c(C2CCCC2)n1. The van der Waals surface area contributed by atoms with Gasteiger partial charge in [0.15, 0.2) is 5.82 Å². The molecule has 1 aliphatic rings. The molecular weight excluding hydrogens is 224 g/mol. The third-order valence-corrected chi connectivity index (χ3v) is 4.00. The monoisotopic (exact) mass is 250 g/mol. The van der Waals surface area contributed by atoms with Crippen molar-refractivity contribution in [1.82, 2.24) is 15.2 Å². The molecule has 102 valence electrons. The molecular formula is C14H26N4. The highest BCUT2D eigenvalue weighted by Gasteiger charge is 2.21. The predicted octanol–water partition coefficient (Wildman–Crippen LogP) is 3.08. The molecule has 0 aliphatic heterocycles. The number of nitrogens with zero attached hydrogens (tertiary/aromatic N) is 2. The van der Waals surface area contributed by atoms with E-state index in [2.05, 4.69) is 24.0 Å². The molecule has 0 bridgehead atoms. The van der Waals surface area contributed by atoms with Gasteiger partial charge in [0.25, 0.3) is 0 Å². The minimum atomic E-state index is 0.304. The molecule has 0 saturated heterocycles. The van der Waals surface area contributed by atoms with Crippen LogP contribution in [0.4, 0.5) is 0 Å². The van der Waals surface area contributed by atoms with Gasteiger partial charge in [0.2, 0.25) is 0 Å². The van der Waals surface area contributed by atoms with Crippen molar-refractivity contribution in [2.24, 2.45) is 5.73 Å². The Morgan fingerprint density at radius 2 is 2.00 bits per heavy atom. The highest BCUT2D eigenvalue weighted by Crippen LogP contribution is 2.32. The lowest BCUT2D eigenvalue weighted by Gasteiger charge is -2.08. The molecule has 4 heteroatoms. The normalized spacial score (nSPS) is 20.2. The molecule has 0 spiro atoms. The van der Waals surface area contributed by atoms with Gasteiger partial charge in [0.05, 0.1) is 0 Å². The molecule has 1 heterocycles. The fraction of sp³-hybridized carbons (Fsp3) is 0.857. The highest BCUT2D eigenvalue weighted by molar-refractivity contribution is 5.02. The van der Waals surface area contributed by atoms with Gasteiger partial charge >= 0.3 is 0 Å². The van der Waals surface area contributed by atoms with Gasteiger partial charge in [-0.2, -0.15) is 5.10 Å². The van der Waals surface area contributed by atoms with Crippen LogP contribution < -0.4 is 5.73 Å². The first-order valence-corrected chi connectivity index (χ1v) is 7.34. The second-order valence-electron chi connectivity index (χ2n) is 5.87. The molecule has 2 rings (SSSR count). The van der Waals surface area contributed by atoms with Crippen LogP contribution in [0, 0.1) is 0 Å². The number of aromatic nitrogens is 3. The molecule has 4 nitrogen and oxygen atoms in total. The Balaban J connectivity index is 1.84. The predicted molar refractivity (Wildman–Crippen MR) is 73.5 cm³/mol. The van der Waals surface area contributed by atoms with Crippen molar-refractivity contribution in [3.8, 4) is 0 Å². The number of hydrogen-bond acceptors (Lipinski definition) is 3. The fourth-order valence-electron chi connectivity index (χ4n) is 2.77. The van der Waals surface area contributed by atoms with E-state index < -0.39 is 0 Å². The van der Waals surface area contributed by atoms with Gasteiger partial charge in [-0.25, -0.2) is 4.98 Å². The van der Waals surface area contributed by atoms with Crippen molar-refractivity contribution in [3.63, 3.8) is 0 Å². The summed E-state index contributed by atoms with van der Waals surface area (Å²) in [6.07, 6.45) is 8.59. The summed E-state index contributed by atoms with van der Waals surface area (Å²) in [5.41, 5.74) is 5.77. The molecule has 0 aromatic carbocycles. The topological polar surface area (TPSA) is 67.6 Å². The van der Waals surface area contributed by atoms with Crippen LogP contribution in [0.1, 0.15) is 82.3 Å². The number of nitrogens with two attached hydrogens (primary N) is 1. The zero-order valence-electron chi connectivity index (χ0n) is 11.7. The smallest absolute Gasteiger partial charge is 0.153 e. The van der Waals surface area contributed by atoms with Crippen LogP contribution in [-0.4, -0.2) is 21.2 Å². The lowest BCUT2D eigenvalue weighted by Crippen LogP contribution is -2.14. The van der Waals surface area contributed by atoms with Gasteiger partial charge in [-0.3, -0.25) is 5.10 Å². The molecule has 2 unspecified atom stereocenters. The quantitative estimate of drug-likeness (QED) is 0.815. The van der Waals surface area contributed by atoms with Crippen LogP contribution in [0.5, 0.6) is 0 Å². The van der Waals surface area contributed by atoms with E-state index in [1.54, 1.807) is 0 Å². The minimum absolute atomic E-state index is 0.304. The van der Waals surface area contributed by atoms with Crippen molar-refractivity contribution >= 4 is 0 Å². The number of H-pyrrole nitrogens is 1. The summed E-state index contributed by atoms with van der Waals surface area (Å²) in [6, 6.07) is 0.304. The van der Waals surface area contributed by atoms with Crippen LogP contribution in [0.25, 0.3) is 0 Å². The van der Waals surface area contributed by atoms with Crippen LogP contribution in [0.2, 0.25) is 0 Å². The lowest BCUT2D eigenvalue weighted by molar-refractivity contribution is 0.543. The van der Waals surface area contributed by atoms with E-state index in [-0.39, 0.29) is 0 Å². The summed E-state index contributed by atoms with van der Waals surface area (Å²) in [5.74, 6) is 3.17. The van der Waals surface area contributed by atoms with E-state index in [0.717, 1.165) is 30.9 Å². The van der Waals surface area contributed by atoms with E-state index in [0.29, 0.717) is 17.9 Å². The molecule has 0 radical (unpaired) electrons. The third kappa shape index (κ3) is 3.55. The van der Waals surface area contributed by atoms with Crippen molar-refractivity contribution in [2.45, 2.75) is 76.7 Å². The van der Waals surface area contributed by atoms with E-state index >= 15 is 0 Å². The van der Waals surface area contributed by atoms with E-state index in [1.165, 1.54) is 25.7 Å². The number of hydrogen-bond donors (Lipinski definition) is 2. The summed E-state index contributed by atoms with van der Waals surface area (Å²) in [6.45, 7) is 4.28. The standard InChI is InChI=1S/C14H26N4/c1-10(6-5-7-11(2)15)13-16-14(18-17-13)12-8-3-4-9-12/h10-12H,3-9,15H2,1-2H3,(H,16,17,18). The second kappa shape index (κ2) is 6.32. The number of aromatic amines is 1. The zero-order chi connectivity index (χ0) is 13.0. The summed E-state index contributed by atoms with van der Waals surface area (Å²) < 4.78 is 0. The average Bonchev–Trinajstić information content (AvgIpc) is 2.99. The Kier molecular flexibility index (Phi) is 4.75. The van der Waals surface area contributed by atoms with Crippen LogP contribution >= 0.6 is 0 Å². The number of nitrogens with one attached hydrogen (secondary N) is 1. The Morgan fingerprint density at radius 3 is 2.67 bits per heavy atom. The maximum atomic E-state index is 5.77. The molecule has 18 heavy (non-hydrogen) atoms. The van der Waals surface area contributed by atoms with E-state index in [4.69, 9.17) is 10.7 Å². The van der Waals surface area contributed by atoms with Gasteiger partial charge in [-0.15, -0.1) is 0 Å². The second-order valence-corrected chi connectivity index (χ2v) is 5.87. The van der Waals surface area contributed by atoms with E-state index in [9.17, 15) is 0 Å². The maximum Gasteiger partial charge on any atom is 0.153 e. The summed E-state index contributed by atoms with van der Waals surface area (Å²) >= 11 is 0.